The highest BCUT2D eigenvalue weighted by Crippen LogP contribution is 2.47. The molecule has 0 radical (unpaired) electrons. The first-order valence-corrected chi connectivity index (χ1v) is 19.7. The van der Waals surface area contributed by atoms with Crippen molar-refractivity contribution < 1.29 is 46.9 Å². The molecule has 0 unspecified atom stereocenters. The number of carbonyl (C=O) groups is 4. The van der Waals surface area contributed by atoms with Gasteiger partial charge in [0.15, 0.2) is 0 Å². The Morgan fingerprint density at radius 1 is 1.13 bits per heavy atom. The standard InChI is InChI=1S/C37H49N5O10S/c1-6-22-15-21(2)9-7-8-10-24-19-37(24,34(45)41-53(48,49)36(3)13-14-36)40-31(43)28-18-26(20-42(28)33(44)30(22)39-35(46)47)52-32-27-12-11-25(50-4)16-23(27)17-29(38-32)51-5/h8,10-12,16-17,21-22,24,26,28,30,39H,6-7,9,13-15,18-20H2,1-5H3,(H,40,43)(H,41,45)(H,46,47)/b10-8-/t21-,22-,24-,26-,28+,30+,37-/m1/s1. The van der Waals surface area contributed by atoms with Gasteiger partial charge in [0.1, 0.15) is 29.5 Å². The number of methoxy groups -OCH3 is 2. The SMILES string of the molecule is CC[C@@H]1C[C@H](C)CC/C=C\[C@@H]2C[C@@]2(C(=O)NS(=O)(=O)C2(C)CC2)NC(=O)[C@@H]2C[C@@H](Oc3nc(OC)cc4cc(OC)ccc34)CN2C(=O)[C@H]1NC(=O)O. The number of nitrogens with zero attached hydrogens (tertiary/aromatic N) is 2. The molecule has 3 fully saturated rings. The van der Waals surface area contributed by atoms with Crippen LogP contribution in [-0.4, -0.2) is 96.5 Å². The van der Waals surface area contributed by atoms with Crippen LogP contribution in [0.4, 0.5) is 4.79 Å². The van der Waals surface area contributed by atoms with E-state index in [1.165, 1.54) is 12.0 Å². The van der Waals surface area contributed by atoms with Crippen LogP contribution in [0.5, 0.6) is 17.5 Å². The van der Waals surface area contributed by atoms with E-state index in [0.29, 0.717) is 48.6 Å². The van der Waals surface area contributed by atoms with Gasteiger partial charge in [0.2, 0.25) is 33.6 Å². The Bertz CT molecular complexity index is 1910. The van der Waals surface area contributed by atoms with Crippen molar-refractivity contribution in [3.8, 4) is 17.5 Å². The second-order valence-corrected chi connectivity index (χ2v) is 17.3. The summed E-state index contributed by atoms with van der Waals surface area (Å²) < 4.78 is 44.7. The number of hydrogen-bond acceptors (Lipinski definition) is 10. The molecule has 3 heterocycles. The van der Waals surface area contributed by atoms with Crippen LogP contribution in [0.25, 0.3) is 10.8 Å². The van der Waals surface area contributed by atoms with E-state index in [-0.39, 0.29) is 43.0 Å². The third kappa shape index (κ3) is 7.73. The largest absolute Gasteiger partial charge is 0.497 e. The average molecular weight is 756 g/mol. The van der Waals surface area contributed by atoms with Gasteiger partial charge < -0.3 is 34.9 Å². The summed E-state index contributed by atoms with van der Waals surface area (Å²) in [6.45, 7) is 5.43. The Labute approximate surface area is 309 Å². The van der Waals surface area contributed by atoms with Gasteiger partial charge in [-0.05, 0) is 80.9 Å². The fourth-order valence-corrected chi connectivity index (χ4v) is 8.92. The Kier molecular flexibility index (Phi) is 10.6. The van der Waals surface area contributed by atoms with Crippen LogP contribution in [0, 0.1) is 17.8 Å². The number of rotatable bonds is 9. The van der Waals surface area contributed by atoms with Gasteiger partial charge in [-0.25, -0.2) is 13.2 Å². The first-order valence-electron chi connectivity index (χ1n) is 18.2. The number of pyridine rings is 1. The second kappa shape index (κ2) is 14.7. The first kappa shape index (κ1) is 38.1. The minimum Gasteiger partial charge on any atom is -0.497 e. The molecular weight excluding hydrogens is 706 g/mol. The quantitative estimate of drug-likeness (QED) is 0.273. The highest BCUT2D eigenvalue weighted by molar-refractivity contribution is 7.91. The highest BCUT2D eigenvalue weighted by atomic mass is 32.2. The summed E-state index contributed by atoms with van der Waals surface area (Å²) in [5, 5.41) is 16.5. The van der Waals surface area contributed by atoms with Gasteiger partial charge in [0, 0.05) is 23.8 Å². The summed E-state index contributed by atoms with van der Waals surface area (Å²) in [5.41, 5.74) is -1.56. The van der Waals surface area contributed by atoms with Crippen LogP contribution in [0.1, 0.15) is 72.1 Å². The molecule has 16 heteroatoms. The van der Waals surface area contributed by atoms with Crippen molar-refractivity contribution in [2.75, 3.05) is 20.8 Å². The Morgan fingerprint density at radius 2 is 1.89 bits per heavy atom. The van der Waals surface area contributed by atoms with Crippen LogP contribution in [0.2, 0.25) is 0 Å². The lowest BCUT2D eigenvalue weighted by Crippen LogP contribution is -2.59. The van der Waals surface area contributed by atoms with Crippen molar-refractivity contribution in [3.63, 3.8) is 0 Å². The number of aromatic nitrogens is 1. The third-order valence-corrected chi connectivity index (χ3v) is 13.5. The van der Waals surface area contributed by atoms with Crippen molar-refractivity contribution in [1.29, 1.82) is 0 Å². The Hall–Kier alpha value is -4.60. The van der Waals surface area contributed by atoms with Crippen LogP contribution in [0.15, 0.2) is 36.4 Å². The maximum absolute atomic E-state index is 14.6. The van der Waals surface area contributed by atoms with Crippen LogP contribution in [0.3, 0.4) is 0 Å². The number of carbonyl (C=O) groups excluding carboxylic acids is 3. The molecule has 2 aliphatic heterocycles. The van der Waals surface area contributed by atoms with Gasteiger partial charge in [-0.2, -0.15) is 4.98 Å². The summed E-state index contributed by atoms with van der Waals surface area (Å²) in [6, 6.07) is 4.71. The fraction of sp³-hybridized carbons (Fsp3) is 0.595. The predicted octanol–water partition coefficient (Wildman–Crippen LogP) is 3.51. The molecule has 2 aromatic rings. The number of ether oxygens (including phenoxy) is 3. The normalized spacial score (nSPS) is 30.4. The Balaban J connectivity index is 1.36. The molecule has 1 aromatic carbocycles. The number of sulfonamides is 1. The molecule has 15 nitrogen and oxygen atoms in total. The zero-order valence-corrected chi connectivity index (χ0v) is 31.5. The molecule has 6 rings (SSSR count). The lowest BCUT2D eigenvalue weighted by Gasteiger charge is -2.33. The van der Waals surface area contributed by atoms with Crippen molar-refractivity contribution in [1.82, 2.24) is 25.2 Å². The van der Waals surface area contributed by atoms with E-state index in [4.69, 9.17) is 14.2 Å². The van der Waals surface area contributed by atoms with Crippen LogP contribution < -0.4 is 29.6 Å². The topological polar surface area (TPSA) is 203 Å². The molecule has 0 bridgehead atoms. The number of carboxylic acid groups (broad SMARTS) is 1. The van der Waals surface area contributed by atoms with E-state index < -0.39 is 68.2 Å². The minimum atomic E-state index is -4.01. The zero-order chi connectivity index (χ0) is 38.3. The summed E-state index contributed by atoms with van der Waals surface area (Å²) >= 11 is 0. The molecule has 7 atom stereocenters. The summed E-state index contributed by atoms with van der Waals surface area (Å²) in [5.74, 6) is -1.74. The molecule has 4 aliphatic rings. The Morgan fingerprint density at radius 3 is 2.55 bits per heavy atom. The number of fused-ring (bicyclic) bond motifs is 3. The molecule has 0 spiro atoms. The molecule has 2 saturated carbocycles. The monoisotopic (exact) mass is 755 g/mol. The average Bonchev–Trinajstić information content (AvgIpc) is 4.00. The predicted molar refractivity (Wildman–Crippen MR) is 194 cm³/mol. The maximum Gasteiger partial charge on any atom is 0.405 e. The number of allylic oxidation sites excluding steroid dienone is 1. The van der Waals surface area contributed by atoms with E-state index in [1.54, 1.807) is 38.3 Å². The van der Waals surface area contributed by atoms with Crippen LogP contribution >= 0.6 is 0 Å². The number of amides is 4. The molecular formula is C37H49N5O10S. The van der Waals surface area contributed by atoms with Gasteiger partial charge >= 0.3 is 6.09 Å². The van der Waals surface area contributed by atoms with Gasteiger partial charge in [-0.3, -0.25) is 19.1 Å². The van der Waals surface area contributed by atoms with E-state index in [9.17, 15) is 32.7 Å². The molecule has 2 aliphatic carbocycles. The fourth-order valence-electron chi connectivity index (χ4n) is 7.61. The molecule has 288 valence electrons. The molecule has 1 saturated heterocycles. The van der Waals surface area contributed by atoms with Crippen molar-refractivity contribution >= 4 is 44.6 Å². The number of hydrogen-bond donors (Lipinski definition) is 4. The first-order chi connectivity index (χ1) is 25.1. The van der Waals surface area contributed by atoms with Crippen molar-refractivity contribution in [2.45, 2.75) is 101 Å². The van der Waals surface area contributed by atoms with Gasteiger partial charge in [-0.1, -0.05) is 32.4 Å². The minimum absolute atomic E-state index is 0.0182. The molecule has 53 heavy (non-hydrogen) atoms. The van der Waals surface area contributed by atoms with E-state index in [1.807, 2.05) is 26.0 Å². The smallest absolute Gasteiger partial charge is 0.405 e. The zero-order valence-electron chi connectivity index (χ0n) is 30.7. The lowest BCUT2D eigenvalue weighted by molar-refractivity contribution is -0.142. The van der Waals surface area contributed by atoms with E-state index in [0.717, 1.165) is 6.42 Å². The van der Waals surface area contributed by atoms with Crippen LogP contribution in [-0.2, 0) is 24.4 Å². The third-order valence-electron chi connectivity index (χ3n) is 11.4. The van der Waals surface area contributed by atoms with E-state index in [2.05, 4.69) is 20.3 Å². The second-order valence-electron chi connectivity index (χ2n) is 15.1. The molecule has 4 N–H and O–H groups in total. The summed E-state index contributed by atoms with van der Waals surface area (Å²) in [6.07, 6.45) is 5.08. The van der Waals surface area contributed by atoms with Gasteiger partial charge in [0.25, 0.3) is 5.91 Å². The van der Waals surface area contributed by atoms with Gasteiger partial charge in [0.05, 0.1) is 25.5 Å². The lowest BCUT2D eigenvalue weighted by atomic mass is 9.85. The van der Waals surface area contributed by atoms with Crippen molar-refractivity contribution in [2.24, 2.45) is 17.8 Å². The molecule has 4 amide bonds. The summed E-state index contributed by atoms with van der Waals surface area (Å²) in [7, 11) is -0.992. The maximum atomic E-state index is 14.6. The van der Waals surface area contributed by atoms with Gasteiger partial charge in [-0.15, -0.1) is 0 Å². The highest BCUT2D eigenvalue weighted by Gasteiger charge is 2.63. The number of benzene rings is 1. The number of nitrogens with one attached hydrogen (secondary N) is 3. The summed E-state index contributed by atoms with van der Waals surface area (Å²) in [4.78, 5) is 60.8. The molecule has 1 aromatic heterocycles. The van der Waals surface area contributed by atoms with E-state index >= 15 is 0 Å². The van der Waals surface area contributed by atoms with Crippen molar-refractivity contribution in [3.05, 3.63) is 36.4 Å².